The molecule has 0 fully saturated rings. The summed E-state index contributed by atoms with van der Waals surface area (Å²) in [6.07, 6.45) is 0.0263. The Morgan fingerprint density at radius 2 is 1.81 bits per heavy atom. The highest BCUT2D eigenvalue weighted by atomic mass is 35.5. The summed E-state index contributed by atoms with van der Waals surface area (Å²) in [6, 6.07) is 14.2. The molecular formula is C19H17Cl2N3O2. The van der Waals surface area contributed by atoms with Gasteiger partial charge in [0.25, 0.3) is 5.56 Å². The van der Waals surface area contributed by atoms with Crippen molar-refractivity contribution in [2.75, 3.05) is 5.32 Å². The third-order valence-corrected chi connectivity index (χ3v) is 4.78. The number of aromatic nitrogens is 2. The lowest BCUT2D eigenvalue weighted by Gasteiger charge is -2.07. The highest BCUT2D eigenvalue weighted by molar-refractivity contribution is 6.33. The molecule has 0 aliphatic heterocycles. The first kappa shape index (κ1) is 18.3. The van der Waals surface area contributed by atoms with Crippen LogP contribution in [-0.2, 0) is 18.3 Å². The molecule has 0 atom stereocenters. The molecule has 26 heavy (non-hydrogen) atoms. The zero-order valence-electron chi connectivity index (χ0n) is 14.3. The maximum Gasteiger partial charge on any atom is 0.295 e. The molecule has 1 amide bonds. The van der Waals surface area contributed by atoms with Crippen molar-refractivity contribution >= 4 is 34.8 Å². The summed E-state index contributed by atoms with van der Waals surface area (Å²) in [7, 11) is 1.77. The van der Waals surface area contributed by atoms with Crippen LogP contribution in [0.4, 0.5) is 5.69 Å². The van der Waals surface area contributed by atoms with Crippen molar-refractivity contribution in [2.45, 2.75) is 13.3 Å². The van der Waals surface area contributed by atoms with Gasteiger partial charge in [-0.15, -0.1) is 0 Å². The molecule has 134 valence electrons. The van der Waals surface area contributed by atoms with Crippen molar-refractivity contribution in [3.63, 3.8) is 0 Å². The summed E-state index contributed by atoms with van der Waals surface area (Å²) in [5, 5.41) is 3.66. The third-order valence-electron chi connectivity index (χ3n) is 4.18. The molecule has 0 bridgehead atoms. The Balaban J connectivity index is 1.90. The number of rotatable bonds is 4. The maximum absolute atomic E-state index is 12.8. The van der Waals surface area contributed by atoms with E-state index in [1.165, 1.54) is 4.68 Å². The number of benzene rings is 2. The largest absolute Gasteiger partial charge is 0.320 e. The van der Waals surface area contributed by atoms with E-state index in [0.29, 0.717) is 21.3 Å². The molecular weight excluding hydrogens is 373 g/mol. The van der Waals surface area contributed by atoms with Gasteiger partial charge in [0.2, 0.25) is 5.91 Å². The van der Waals surface area contributed by atoms with E-state index in [2.05, 4.69) is 5.32 Å². The summed E-state index contributed by atoms with van der Waals surface area (Å²) in [5.41, 5.74) is 1.95. The number of nitrogens with one attached hydrogen (secondary N) is 1. The standard InChI is InChI=1S/C19H17Cl2N3O2/c1-12-18(19(26)24(23(12)2)15-6-4-3-5-7-15)22-17(25)11-13-10-14(20)8-9-16(13)21/h3-10H,11H2,1-2H3,(H,22,25). The van der Waals surface area contributed by atoms with Crippen molar-refractivity contribution in [3.8, 4) is 5.69 Å². The second-order valence-electron chi connectivity index (χ2n) is 5.90. The summed E-state index contributed by atoms with van der Waals surface area (Å²) in [5.74, 6) is -0.333. The normalized spacial score (nSPS) is 10.8. The Hall–Kier alpha value is -2.50. The van der Waals surface area contributed by atoms with E-state index in [1.807, 2.05) is 30.3 Å². The van der Waals surface area contributed by atoms with Gasteiger partial charge in [0.1, 0.15) is 5.69 Å². The number of carbonyl (C=O) groups is 1. The first-order chi connectivity index (χ1) is 12.4. The van der Waals surface area contributed by atoms with Crippen molar-refractivity contribution in [3.05, 3.63) is 80.2 Å². The van der Waals surface area contributed by atoms with Crippen molar-refractivity contribution in [1.82, 2.24) is 9.36 Å². The SMILES string of the molecule is Cc1c(NC(=O)Cc2cc(Cl)ccc2Cl)c(=O)n(-c2ccccc2)n1C. The van der Waals surface area contributed by atoms with Crippen LogP contribution < -0.4 is 10.9 Å². The quantitative estimate of drug-likeness (QED) is 0.733. The Kier molecular flexibility index (Phi) is 5.20. The van der Waals surface area contributed by atoms with Crippen LogP contribution in [0.15, 0.2) is 53.3 Å². The highest BCUT2D eigenvalue weighted by Crippen LogP contribution is 2.22. The molecule has 2 aromatic carbocycles. The lowest BCUT2D eigenvalue weighted by atomic mass is 10.1. The van der Waals surface area contributed by atoms with Gasteiger partial charge in [0.15, 0.2) is 0 Å². The van der Waals surface area contributed by atoms with Gasteiger partial charge in [-0.3, -0.25) is 14.3 Å². The number of para-hydroxylation sites is 1. The fraction of sp³-hybridized carbons (Fsp3) is 0.158. The topological polar surface area (TPSA) is 56.0 Å². The Morgan fingerprint density at radius 3 is 2.50 bits per heavy atom. The first-order valence-electron chi connectivity index (χ1n) is 7.96. The van der Waals surface area contributed by atoms with Crippen LogP contribution in [-0.4, -0.2) is 15.3 Å². The molecule has 7 heteroatoms. The molecule has 3 aromatic rings. The monoisotopic (exact) mass is 389 g/mol. The van der Waals surface area contributed by atoms with Gasteiger partial charge < -0.3 is 5.32 Å². The van der Waals surface area contributed by atoms with E-state index >= 15 is 0 Å². The predicted molar refractivity (Wildman–Crippen MR) is 105 cm³/mol. The van der Waals surface area contributed by atoms with Crippen LogP contribution in [0.2, 0.25) is 10.0 Å². The zero-order chi connectivity index (χ0) is 18.8. The molecule has 1 aromatic heterocycles. The second-order valence-corrected chi connectivity index (χ2v) is 6.74. The lowest BCUT2D eigenvalue weighted by molar-refractivity contribution is -0.115. The number of anilines is 1. The van der Waals surface area contributed by atoms with Crippen LogP contribution in [0.1, 0.15) is 11.3 Å². The molecule has 0 saturated heterocycles. The molecule has 0 aliphatic rings. The number of hydrogen-bond acceptors (Lipinski definition) is 2. The summed E-state index contributed by atoms with van der Waals surface area (Å²) in [6.45, 7) is 1.78. The summed E-state index contributed by atoms with van der Waals surface area (Å²) in [4.78, 5) is 25.2. The second kappa shape index (κ2) is 7.40. The van der Waals surface area contributed by atoms with E-state index in [0.717, 1.165) is 5.69 Å². The molecule has 0 radical (unpaired) electrons. The lowest BCUT2D eigenvalue weighted by Crippen LogP contribution is -2.23. The van der Waals surface area contributed by atoms with E-state index in [-0.39, 0.29) is 23.6 Å². The van der Waals surface area contributed by atoms with Crippen LogP contribution in [0.5, 0.6) is 0 Å². The first-order valence-corrected chi connectivity index (χ1v) is 8.72. The Labute approximate surface area is 160 Å². The molecule has 0 unspecified atom stereocenters. The highest BCUT2D eigenvalue weighted by Gasteiger charge is 2.18. The Morgan fingerprint density at radius 1 is 1.12 bits per heavy atom. The third kappa shape index (κ3) is 3.54. The zero-order valence-corrected chi connectivity index (χ0v) is 15.8. The summed E-state index contributed by atoms with van der Waals surface area (Å²) >= 11 is 12.1. The smallest absolute Gasteiger partial charge is 0.295 e. The molecule has 0 saturated carbocycles. The minimum Gasteiger partial charge on any atom is -0.320 e. The molecule has 0 spiro atoms. The van der Waals surface area contributed by atoms with E-state index in [1.54, 1.807) is 36.9 Å². The molecule has 1 heterocycles. The van der Waals surface area contributed by atoms with Crippen molar-refractivity contribution in [2.24, 2.45) is 7.05 Å². The van der Waals surface area contributed by atoms with E-state index < -0.39 is 0 Å². The van der Waals surface area contributed by atoms with E-state index in [9.17, 15) is 9.59 Å². The van der Waals surface area contributed by atoms with Gasteiger partial charge >= 0.3 is 0 Å². The summed E-state index contributed by atoms with van der Waals surface area (Å²) < 4.78 is 3.22. The van der Waals surface area contributed by atoms with Crippen LogP contribution in [0.25, 0.3) is 5.69 Å². The number of hydrogen-bond donors (Lipinski definition) is 1. The minimum absolute atomic E-state index is 0.0263. The van der Waals surface area contributed by atoms with Gasteiger partial charge in [-0.05, 0) is 42.8 Å². The maximum atomic E-state index is 12.8. The van der Waals surface area contributed by atoms with E-state index in [4.69, 9.17) is 23.2 Å². The van der Waals surface area contributed by atoms with Crippen molar-refractivity contribution in [1.29, 1.82) is 0 Å². The Bertz CT molecular complexity index is 1020. The number of carbonyl (C=O) groups excluding carboxylic acids is 1. The average molecular weight is 390 g/mol. The van der Waals surface area contributed by atoms with Crippen molar-refractivity contribution < 1.29 is 4.79 Å². The van der Waals surface area contributed by atoms with Crippen LogP contribution in [0, 0.1) is 6.92 Å². The van der Waals surface area contributed by atoms with Crippen LogP contribution >= 0.6 is 23.2 Å². The number of nitrogens with zero attached hydrogens (tertiary/aromatic N) is 2. The van der Waals surface area contributed by atoms with Gasteiger partial charge in [0.05, 0.1) is 17.8 Å². The fourth-order valence-corrected chi connectivity index (χ4v) is 3.13. The minimum atomic E-state index is -0.333. The average Bonchev–Trinajstić information content (AvgIpc) is 2.82. The van der Waals surface area contributed by atoms with Gasteiger partial charge in [-0.25, -0.2) is 4.68 Å². The molecule has 1 N–H and O–H groups in total. The molecule has 5 nitrogen and oxygen atoms in total. The fourth-order valence-electron chi connectivity index (χ4n) is 2.75. The van der Waals surface area contributed by atoms with Gasteiger partial charge in [-0.1, -0.05) is 41.4 Å². The van der Waals surface area contributed by atoms with Gasteiger partial charge in [-0.2, -0.15) is 0 Å². The molecule has 0 aliphatic carbocycles. The van der Waals surface area contributed by atoms with Gasteiger partial charge in [0, 0.05) is 17.1 Å². The predicted octanol–water partition coefficient (Wildman–Crippen LogP) is 3.97. The number of halogens is 2. The number of amides is 1. The molecule has 3 rings (SSSR count). The van der Waals surface area contributed by atoms with Crippen LogP contribution in [0.3, 0.4) is 0 Å².